The minimum atomic E-state index is -0.851. The van der Waals surface area contributed by atoms with Crippen LogP contribution in [0.3, 0.4) is 0 Å². The Balaban J connectivity index is 1.93. The Kier molecular flexibility index (Phi) is 5.05. The molecule has 3 rings (SSSR count). The van der Waals surface area contributed by atoms with E-state index in [1.165, 1.54) is 6.07 Å². The molecule has 0 amide bonds. The lowest BCUT2D eigenvalue weighted by atomic mass is 9.97. The minimum Gasteiger partial charge on any atom is -0.399 e. The van der Waals surface area contributed by atoms with Crippen LogP contribution in [0.25, 0.3) is 0 Å². The van der Waals surface area contributed by atoms with Crippen LogP contribution in [0.2, 0.25) is 0 Å². The molecule has 3 aromatic rings. The summed E-state index contributed by atoms with van der Waals surface area (Å²) >= 11 is 0. The number of hydrogen-bond acceptors (Lipinski definition) is 3. The Morgan fingerprint density at radius 3 is 2.32 bits per heavy atom. The zero-order valence-corrected chi connectivity index (χ0v) is 13.8. The molecule has 3 N–H and O–H groups in total. The number of nitrogens with zero attached hydrogens (tertiary/aromatic N) is 1. The third-order valence-corrected chi connectivity index (χ3v) is 4.14. The first-order valence-corrected chi connectivity index (χ1v) is 8.01. The highest BCUT2D eigenvalue weighted by atomic mass is 19.2. The number of benzene rings is 2. The van der Waals surface area contributed by atoms with Crippen molar-refractivity contribution < 1.29 is 8.78 Å². The van der Waals surface area contributed by atoms with Gasteiger partial charge in [-0.1, -0.05) is 18.2 Å². The van der Waals surface area contributed by atoms with E-state index in [0.29, 0.717) is 11.3 Å². The average molecular weight is 339 g/mol. The molecule has 1 aromatic heterocycles. The van der Waals surface area contributed by atoms with Crippen LogP contribution >= 0.6 is 0 Å². The van der Waals surface area contributed by atoms with Gasteiger partial charge in [-0.2, -0.15) is 0 Å². The predicted molar refractivity (Wildman–Crippen MR) is 94.8 cm³/mol. The lowest BCUT2D eigenvalue weighted by Gasteiger charge is -2.25. The number of rotatable bonds is 5. The Morgan fingerprint density at radius 2 is 1.64 bits per heavy atom. The molecule has 128 valence electrons. The van der Waals surface area contributed by atoms with Gasteiger partial charge in [0.15, 0.2) is 11.6 Å². The van der Waals surface area contributed by atoms with Gasteiger partial charge in [-0.05, 0) is 60.0 Å². The summed E-state index contributed by atoms with van der Waals surface area (Å²) in [6.45, 7) is 1.91. The first kappa shape index (κ1) is 17.0. The maximum absolute atomic E-state index is 13.5. The SMILES string of the molecule is CC(NC(c1ccncc1)c1cccc(N)c1)c1ccc(F)c(F)c1. The van der Waals surface area contributed by atoms with Gasteiger partial charge in [-0.15, -0.1) is 0 Å². The molecule has 0 aliphatic carbocycles. The molecule has 5 heteroatoms. The number of hydrogen-bond donors (Lipinski definition) is 2. The average Bonchev–Trinajstić information content (AvgIpc) is 2.62. The number of aromatic nitrogens is 1. The van der Waals surface area contributed by atoms with E-state index in [-0.39, 0.29) is 12.1 Å². The van der Waals surface area contributed by atoms with Gasteiger partial charge in [0.2, 0.25) is 0 Å². The van der Waals surface area contributed by atoms with E-state index in [1.807, 2.05) is 43.3 Å². The van der Waals surface area contributed by atoms with Crippen molar-refractivity contribution in [3.8, 4) is 0 Å². The Morgan fingerprint density at radius 1 is 0.880 bits per heavy atom. The molecule has 0 fully saturated rings. The number of pyridine rings is 1. The molecular weight excluding hydrogens is 320 g/mol. The zero-order valence-electron chi connectivity index (χ0n) is 13.8. The summed E-state index contributed by atoms with van der Waals surface area (Å²) in [5.41, 5.74) is 9.25. The second-order valence-electron chi connectivity index (χ2n) is 5.95. The van der Waals surface area contributed by atoms with Crippen LogP contribution in [0.1, 0.15) is 35.7 Å². The topological polar surface area (TPSA) is 50.9 Å². The second-order valence-corrected chi connectivity index (χ2v) is 5.95. The minimum absolute atomic E-state index is 0.158. The molecule has 0 bridgehead atoms. The largest absolute Gasteiger partial charge is 0.399 e. The molecular formula is C20H19F2N3. The van der Waals surface area contributed by atoms with Crippen molar-refractivity contribution in [3.05, 3.63) is 95.3 Å². The van der Waals surface area contributed by atoms with E-state index in [2.05, 4.69) is 10.3 Å². The molecule has 3 nitrogen and oxygen atoms in total. The molecule has 2 atom stereocenters. The normalized spacial score (nSPS) is 13.4. The maximum atomic E-state index is 13.5. The van der Waals surface area contributed by atoms with Crippen molar-refractivity contribution in [2.75, 3.05) is 5.73 Å². The van der Waals surface area contributed by atoms with E-state index in [0.717, 1.165) is 17.2 Å². The van der Waals surface area contributed by atoms with Crippen LogP contribution in [-0.4, -0.2) is 4.98 Å². The molecule has 2 unspecified atom stereocenters. The lowest BCUT2D eigenvalue weighted by Crippen LogP contribution is -2.26. The summed E-state index contributed by atoms with van der Waals surface area (Å²) in [7, 11) is 0. The fourth-order valence-electron chi connectivity index (χ4n) is 2.81. The summed E-state index contributed by atoms with van der Waals surface area (Å²) in [6, 6.07) is 15.0. The van der Waals surface area contributed by atoms with Crippen LogP contribution in [0, 0.1) is 11.6 Å². The zero-order chi connectivity index (χ0) is 17.8. The van der Waals surface area contributed by atoms with Crippen LogP contribution in [0.15, 0.2) is 67.0 Å². The Bertz CT molecular complexity index is 853. The number of nitrogens with one attached hydrogen (secondary N) is 1. The quantitative estimate of drug-likeness (QED) is 0.678. The van der Waals surface area contributed by atoms with Gasteiger partial charge in [-0.3, -0.25) is 10.3 Å². The van der Waals surface area contributed by atoms with Crippen LogP contribution in [0.4, 0.5) is 14.5 Å². The maximum Gasteiger partial charge on any atom is 0.159 e. The second kappa shape index (κ2) is 7.40. The van der Waals surface area contributed by atoms with Crippen LogP contribution in [-0.2, 0) is 0 Å². The monoisotopic (exact) mass is 339 g/mol. The highest BCUT2D eigenvalue weighted by Crippen LogP contribution is 2.27. The van der Waals surface area contributed by atoms with Gasteiger partial charge in [0, 0.05) is 24.1 Å². The molecule has 2 aromatic carbocycles. The molecule has 0 saturated heterocycles. The van der Waals surface area contributed by atoms with Gasteiger partial charge >= 0.3 is 0 Å². The van der Waals surface area contributed by atoms with E-state index < -0.39 is 11.6 Å². The van der Waals surface area contributed by atoms with Crippen molar-refractivity contribution in [1.82, 2.24) is 10.3 Å². The summed E-state index contributed by atoms with van der Waals surface area (Å²) < 4.78 is 26.7. The van der Waals surface area contributed by atoms with Crippen molar-refractivity contribution >= 4 is 5.69 Å². The Labute approximate surface area is 145 Å². The van der Waals surface area contributed by atoms with Crippen molar-refractivity contribution in [2.45, 2.75) is 19.0 Å². The summed E-state index contributed by atoms with van der Waals surface area (Å²) in [4.78, 5) is 4.05. The summed E-state index contributed by atoms with van der Waals surface area (Å²) in [6.07, 6.45) is 3.44. The first-order chi connectivity index (χ1) is 12.0. The molecule has 0 radical (unpaired) electrons. The fraction of sp³-hybridized carbons (Fsp3) is 0.150. The molecule has 1 heterocycles. The number of nitrogen functional groups attached to an aromatic ring is 1. The molecule has 0 saturated carbocycles. The summed E-state index contributed by atoms with van der Waals surface area (Å²) in [5.74, 6) is -1.70. The standard InChI is InChI=1S/C20H19F2N3/c1-13(15-5-6-18(21)19(22)12-15)25-20(14-7-9-24-10-8-14)16-3-2-4-17(23)11-16/h2-13,20,25H,23H2,1H3. The molecule has 0 spiro atoms. The van der Waals surface area contributed by atoms with Gasteiger partial charge in [0.05, 0.1) is 6.04 Å². The number of nitrogens with two attached hydrogens (primary N) is 1. The van der Waals surface area contributed by atoms with E-state index in [4.69, 9.17) is 5.73 Å². The third kappa shape index (κ3) is 4.00. The van der Waals surface area contributed by atoms with Crippen LogP contribution in [0.5, 0.6) is 0 Å². The highest BCUT2D eigenvalue weighted by molar-refractivity contribution is 5.44. The first-order valence-electron chi connectivity index (χ1n) is 8.01. The van der Waals surface area contributed by atoms with E-state index in [9.17, 15) is 8.78 Å². The van der Waals surface area contributed by atoms with Crippen molar-refractivity contribution in [2.24, 2.45) is 0 Å². The predicted octanol–water partition coefficient (Wildman–Crippen LogP) is 4.38. The van der Waals surface area contributed by atoms with Crippen molar-refractivity contribution in [3.63, 3.8) is 0 Å². The van der Waals surface area contributed by atoms with Crippen molar-refractivity contribution in [1.29, 1.82) is 0 Å². The number of anilines is 1. The third-order valence-electron chi connectivity index (χ3n) is 4.14. The van der Waals surface area contributed by atoms with Gasteiger partial charge in [0.1, 0.15) is 0 Å². The molecule has 25 heavy (non-hydrogen) atoms. The number of halogens is 2. The Hall–Kier alpha value is -2.79. The molecule has 0 aliphatic heterocycles. The van der Waals surface area contributed by atoms with Crippen LogP contribution < -0.4 is 11.1 Å². The lowest BCUT2D eigenvalue weighted by molar-refractivity contribution is 0.490. The molecule has 0 aliphatic rings. The van der Waals surface area contributed by atoms with E-state index in [1.54, 1.807) is 18.5 Å². The highest BCUT2D eigenvalue weighted by Gasteiger charge is 2.18. The summed E-state index contributed by atoms with van der Waals surface area (Å²) in [5, 5.41) is 3.47. The smallest absolute Gasteiger partial charge is 0.159 e. The van der Waals surface area contributed by atoms with Gasteiger partial charge in [0.25, 0.3) is 0 Å². The van der Waals surface area contributed by atoms with Gasteiger partial charge in [-0.25, -0.2) is 8.78 Å². The van der Waals surface area contributed by atoms with E-state index >= 15 is 0 Å². The van der Waals surface area contributed by atoms with Gasteiger partial charge < -0.3 is 5.73 Å². The fourth-order valence-corrected chi connectivity index (χ4v) is 2.81.